The number of hydrogen-bond donors (Lipinski definition) is 1. The molecule has 102 valence electrons. The van der Waals surface area contributed by atoms with Crippen LogP contribution in [-0.2, 0) is 6.42 Å². The molecule has 3 aromatic heterocycles. The molecule has 0 spiro atoms. The standard InChI is InChI=1S/C14H14N4S2/c1-8-3-4-16-10(5-8)6-12-18-11(7-19-12)13-9(2)17-14(15)20-13/h3-5,7H,6H2,1-2H3,(H2,15,17). The molecule has 0 aliphatic rings. The number of anilines is 1. The van der Waals surface area contributed by atoms with Gasteiger partial charge in [0.25, 0.3) is 0 Å². The van der Waals surface area contributed by atoms with Crippen LogP contribution in [0, 0.1) is 13.8 Å². The van der Waals surface area contributed by atoms with Crippen LogP contribution < -0.4 is 5.73 Å². The van der Waals surface area contributed by atoms with Gasteiger partial charge in [0.1, 0.15) is 0 Å². The summed E-state index contributed by atoms with van der Waals surface area (Å²) in [6.07, 6.45) is 2.60. The Hall–Kier alpha value is -1.79. The summed E-state index contributed by atoms with van der Waals surface area (Å²) in [6.45, 7) is 4.03. The zero-order valence-corrected chi connectivity index (χ0v) is 12.9. The molecule has 0 aliphatic heterocycles. The number of nitrogens with two attached hydrogens (primary N) is 1. The Morgan fingerprint density at radius 2 is 2.10 bits per heavy atom. The normalized spacial score (nSPS) is 10.9. The van der Waals surface area contributed by atoms with E-state index in [0.29, 0.717) is 5.13 Å². The van der Waals surface area contributed by atoms with Gasteiger partial charge in [0.2, 0.25) is 0 Å². The molecule has 3 rings (SSSR count). The van der Waals surface area contributed by atoms with Crippen LogP contribution in [0.5, 0.6) is 0 Å². The second-order valence-electron chi connectivity index (χ2n) is 4.59. The van der Waals surface area contributed by atoms with E-state index in [4.69, 9.17) is 5.73 Å². The van der Waals surface area contributed by atoms with E-state index in [1.54, 1.807) is 11.3 Å². The summed E-state index contributed by atoms with van der Waals surface area (Å²) in [5.41, 5.74) is 9.91. The van der Waals surface area contributed by atoms with Crippen molar-refractivity contribution in [3.8, 4) is 10.6 Å². The van der Waals surface area contributed by atoms with Gasteiger partial charge in [-0.15, -0.1) is 11.3 Å². The molecule has 0 unspecified atom stereocenters. The summed E-state index contributed by atoms with van der Waals surface area (Å²) in [5.74, 6) is 0. The summed E-state index contributed by atoms with van der Waals surface area (Å²) < 4.78 is 0. The molecule has 0 atom stereocenters. The molecule has 4 nitrogen and oxygen atoms in total. The lowest BCUT2D eigenvalue weighted by Crippen LogP contribution is -1.92. The number of aryl methyl sites for hydroxylation is 2. The number of pyridine rings is 1. The number of hydrogen-bond acceptors (Lipinski definition) is 6. The van der Waals surface area contributed by atoms with Crippen molar-refractivity contribution in [2.24, 2.45) is 0 Å². The average Bonchev–Trinajstić information content (AvgIpc) is 2.96. The fraction of sp³-hybridized carbons (Fsp3) is 0.214. The van der Waals surface area contributed by atoms with Crippen molar-refractivity contribution in [2.75, 3.05) is 5.73 Å². The zero-order chi connectivity index (χ0) is 14.1. The molecule has 20 heavy (non-hydrogen) atoms. The van der Waals surface area contributed by atoms with Gasteiger partial charge in [-0.25, -0.2) is 9.97 Å². The van der Waals surface area contributed by atoms with Gasteiger partial charge in [-0.2, -0.15) is 0 Å². The van der Waals surface area contributed by atoms with E-state index in [2.05, 4.69) is 33.3 Å². The molecule has 3 aromatic rings. The molecule has 0 aliphatic carbocycles. The maximum absolute atomic E-state index is 5.74. The van der Waals surface area contributed by atoms with Crippen LogP contribution in [0.2, 0.25) is 0 Å². The first kappa shape index (κ1) is 13.2. The molecular weight excluding hydrogens is 288 g/mol. The molecule has 0 radical (unpaired) electrons. The molecular formula is C14H14N4S2. The van der Waals surface area contributed by atoms with Crippen molar-refractivity contribution in [3.63, 3.8) is 0 Å². The number of rotatable bonds is 3. The number of aromatic nitrogens is 3. The molecule has 0 aromatic carbocycles. The first-order valence-electron chi connectivity index (χ1n) is 6.21. The topological polar surface area (TPSA) is 64.7 Å². The van der Waals surface area contributed by atoms with Crippen LogP contribution in [0.15, 0.2) is 23.7 Å². The van der Waals surface area contributed by atoms with Crippen LogP contribution in [0.3, 0.4) is 0 Å². The van der Waals surface area contributed by atoms with Crippen molar-refractivity contribution in [1.29, 1.82) is 0 Å². The number of nitrogens with zero attached hydrogens (tertiary/aromatic N) is 3. The quantitative estimate of drug-likeness (QED) is 0.805. The van der Waals surface area contributed by atoms with Gasteiger partial charge in [0.05, 0.1) is 21.3 Å². The van der Waals surface area contributed by atoms with E-state index >= 15 is 0 Å². The highest BCUT2D eigenvalue weighted by atomic mass is 32.1. The fourth-order valence-electron chi connectivity index (χ4n) is 2.00. The predicted octanol–water partition coefficient (Wildman–Crippen LogP) is 3.45. The third-order valence-corrected chi connectivity index (χ3v) is 4.76. The Kier molecular flexibility index (Phi) is 3.50. The minimum Gasteiger partial charge on any atom is -0.375 e. The van der Waals surface area contributed by atoms with Gasteiger partial charge in [0.15, 0.2) is 5.13 Å². The molecule has 0 bridgehead atoms. The molecule has 2 N–H and O–H groups in total. The Morgan fingerprint density at radius 1 is 1.25 bits per heavy atom. The number of thiazole rings is 2. The lowest BCUT2D eigenvalue weighted by molar-refractivity contribution is 1.04. The van der Waals surface area contributed by atoms with Crippen LogP contribution in [0.25, 0.3) is 10.6 Å². The van der Waals surface area contributed by atoms with Gasteiger partial charge >= 0.3 is 0 Å². The van der Waals surface area contributed by atoms with Crippen LogP contribution in [0.4, 0.5) is 5.13 Å². The molecule has 3 heterocycles. The Balaban J connectivity index is 1.85. The Bertz CT molecular complexity index is 745. The van der Waals surface area contributed by atoms with E-state index in [1.807, 2.05) is 19.2 Å². The van der Waals surface area contributed by atoms with Gasteiger partial charge in [-0.3, -0.25) is 4.98 Å². The van der Waals surface area contributed by atoms with Crippen LogP contribution >= 0.6 is 22.7 Å². The lowest BCUT2D eigenvalue weighted by Gasteiger charge is -1.98. The van der Waals surface area contributed by atoms with Crippen molar-refractivity contribution < 1.29 is 0 Å². The minimum absolute atomic E-state index is 0.590. The van der Waals surface area contributed by atoms with Gasteiger partial charge in [-0.1, -0.05) is 11.3 Å². The third-order valence-electron chi connectivity index (χ3n) is 2.90. The minimum atomic E-state index is 0.590. The SMILES string of the molecule is Cc1ccnc(Cc2nc(-c3sc(N)nc3C)cs2)c1. The average molecular weight is 302 g/mol. The summed E-state index contributed by atoms with van der Waals surface area (Å²) in [6, 6.07) is 4.09. The summed E-state index contributed by atoms with van der Waals surface area (Å²) in [7, 11) is 0. The molecule has 0 saturated carbocycles. The second kappa shape index (κ2) is 5.30. The maximum atomic E-state index is 5.74. The monoisotopic (exact) mass is 302 g/mol. The Labute approximate surface area is 125 Å². The fourth-order valence-corrected chi connectivity index (χ4v) is 3.67. The smallest absolute Gasteiger partial charge is 0.180 e. The summed E-state index contributed by atoms with van der Waals surface area (Å²) >= 11 is 3.13. The van der Waals surface area contributed by atoms with Crippen molar-refractivity contribution in [2.45, 2.75) is 20.3 Å². The zero-order valence-electron chi connectivity index (χ0n) is 11.3. The summed E-state index contributed by atoms with van der Waals surface area (Å²) in [5, 5.41) is 3.71. The van der Waals surface area contributed by atoms with Gasteiger partial charge in [0, 0.05) is 23.7 Å². The molecule has 0 fully saturated rings. The first-order chi connectivity index (χ1) is 9.61. The Morgan fingerprint density at radius 3 is 2.80 bits per heavy atom. The number of nitrogen functional groups attached to an aromatic ring is 1. The van der Waals surface area contributed by atoms with E-state index in [-0.39, 0.29) is 0 Å². The molecule has 0 saturated heterocycles. The third kappa shape index (κ3) is 2.71. The highest BCUT2D eigenvalue weighted by Crippen LogP contribution is 2.32. The first-order valence-corrected chi connectivity index (χ1v) is 7.90. The summed E-state index contributed by atoms with van der Waals surface area (Å²) in [4.78, 5) is 14.3. The lowest BCUT2D eigenvalue weighted by atomic mass is 10.2. The highest BCUT2D eigenvalue weighted by molar-refractivity contribution is 7.19. The van der Waals surface area contributed by atoms with E-state index < -0.39 is 0 Å². The molecule has 0 amide bonds. The van der Waals surface area contributed by atoms with Crippen LogP contribution in [-0.4, -0.2) is 15.0 Å². The largest absolute Gasteiger partial charge is 0.375 e. The van der Waals surface area contributed by atoms with Crippen molar-refractivity contribution in [3.05, 3.63) is 45.7 Å². The van der Waals surface area contributed by atoms with Crippen LogP contribution in [0.1, 0.15) is 22.0 Å². The predicted molar refractivity (Wildman–Crippen MR) is 84.2 cm³/mol. The van der Waals surface area contributed by atoms with E-state index in [9.17, 15) is 0 Å². The molecule has 6 heteroatoms. The van der Waals surface area contributed by atoms with Gasteiger partial charge < -0.3 is 5.73 Å². The highest BCUT2D eigenvalue weighted by Gasteiger charge is 2.12. The van der Waals surface area contributed by atoms with E-state index in [0.717, 1.165) is 33.4 Å². The maximum Gasteiger partial charge on any atom is 0.180 e. The van der Waals surface area contributed by atoms with E-state index in [1.165, 1.54) is 16.9 Å². The van der Waals surface area contributed by atoms with Crippen molar-refractivity contribution in [1.82, 2.24) is 15.0 Å². The van der Waals surface area contributed by atoms with Crippen molar-refractivity contribution >= 4 is 27.8 Å². The second-order valence-corrected chi connectivity index (χ2v) is 6.57. The van der Waals surface area contributed by atoms with Gasteiger partial charge in [-0.05, 0) is 31.5 Å².